The maximum atomic E-state index is 11.9. The molecule has 6 nitrogen and oxygen atoms in total. The molecule has 4 N–H and O–H groups in total. The molecule has 0 radical (unpaired) electrons. The molecule has 0 spiro atoms. The van der Waals surface area contributed by atoms with Gasteiger partial charge in [-0.1, -0.05) is 24.3 Å². The van der Waals surface area contributed by atoms with Crippen LogP contribution in [0.2, 0.25) is 0 Å². The topological polar surface area (TPSA) is 108 Å². The van der Waals surface area contributed by atoms with Gasteiger partial charge in [0.05, 0.1) is 12.5 Å². The number of rotatable bonds is 4. The minimum Gasteiger partial charge on any atom is -0.481 e. The third-order valence-electron chi connectivity index (χ3n) is 3.36. The molecule has 1 aliphatic carbocycles. The lowest BCUT2D eigenvalue weighted by Crippen LogP contribution is -2.42. The Morgan fingerprint density at radius 3 is 2.60 bits per heavy atom. The van der Waals surface area contributed by atoms with Gasteiger partial charge in [0.25, 0.3) is 0 Å². The van der Waals surface area contributed by atoms with Crippen LogP contribution in [0.15, 0.2) is 42.1 Å². The van der Waals surface area contributed by atoms with Gasteiger partial charge in [0.15, 0.2) is 0 Å². The fourth-order valence-electron chi connectivity index (χ4n) is 2.19. The lowest BCUT2D eigenvalue weighted by molar-refractivity contribution is -0.122. The van der Waals surface area contributed by atoms with Crippen molar-refractivity contribution < 1.29 is 14.3 Å². The molecule has 6 heteroatoms. The Morgan fingerprint density at radius 1 is 1.35 bits per heavy atom. The number of amides is 2. The minimum atomic E-state index is -1.11. The largest absolute Gasteiger partial charge is 0.481 e. The predicted molar refractivity (Wildman–Crippen MR) is 72.7 cm³/mol. The SMILES string of the molecule is COc1ccc(C2(C(N)=O)C=CC=C(C(N)=O)C2)cn1. The molecule has 0 aliphatic heterocycles. The third-order valence-corrected chi connectivity index (χ3v) is 3.36. The molecule has 1 aromatic rings. The Balaban J connectivity index is 2.46. The highest BCUT2D eigenvalue weighted by molar-refractivity contribution is 5.97. The van der Waals surface area contributed by atoms with E-state index in [0.29, 0.717) is 17.0 Å². The number of hydrogen-bond acceptors (Lipinski definition) is 4. The van der Waals surface area contributed by atoms with Crippen molar-refractivity contribution >= 4 is 11.8 Å². The van der Waals surface area contributed by atoms with Crippen LogP contribution >= 0.6 is 0 Å². The molecular formula is C14H15N3O3. The van der Waals surface area contributed by atoms with Crippen LogP contribution in [0.5, 0.6) is 5.88 Å². The molecule has 0 saturated heterocycles. The summed E-state index contributed by atoms with van der Waals surface area (Å²) in [4.78, 5) is 27.3. The van der Waals surface area contributed by atoms with E-state index in [1.807, 2.05) is 0 Å². The first kappa shape index (κ1) is 13.8. The van der Waals surface area contributed by atoms with Crippen LogP contribution in [-0.2, 0) is 15.0 Å². The molecule has 1 heterocycles. The van der Waals surface area contributed by atoms with E-state index in [4.69, 9.17) is 16.2 Å². The Morgan fingerprint density at radius 2 is 2.10 bits per heavy atom. The molecule has 2 rings (SSSR count). The van der Waals surface area contributed by atoms with E-state index in [-0.39, 0.29) is 6.42 Å². The third kappa shape index (κ3) is 2.27. The molecule has 0 fully saturated rings. The van der Waals surface area contributed by atoms with Gasteiger partial charge in [0, 0.05) is 17.8 Å². The molecule has 1 aromatic heterocycles. The standard InChI is InChI=1S/C14H15N3O3/c1-20-11-5-4-10(8-17-11)14(13(16)19)6-2-3-9(7-14)12(15)18/h2-6,8H,7H2,1H3,(H2,15,18)(H2,16,19). The number of nitrogens with zero attached hydrogens (tertiary/aromatic N) is 1. The van der Waals surface area contributed by atoms with Gasteiger partial charge < -0.3 is 16.2 Å². The summed E-state index contributed by atoms with van der Waals surface area (Å²) in [7, 11) is 1.50. The highest BCUT2D eigenvalue weighted by Crippen LogP contribution is 2.35. The van der Waals surface area contributed by atoms with Gasteiger partial charge in [-0.05, 0) is 12.0 Å². The lowest BCUT2D eigenvalue weighted by Gasteiger charge is -2.30. The van der Waals surface area contributed by atoms with E-state index < -0.39 is 17.2 Å². The highest BCUT2D eigenvalue weighted by atomic mass is 16.5. The number of allylic oxidation sites excluding steroid dienone is 2. The molecule has 0 bridgehead atoms. The van der Waals surface area contributed by atoms with E-state index >= 15 is 0 Å². The summed E-state index contributed by atoms with van der Waals surface area (Å²) in [6.45, 7) is 0. The predicted octanol–water partition coefficient (Wildman–Crippen LogP) is 0.185. The zero-order chi connectivity index (χ0) is 14.8. The minimum absolute atomic E-state index is 0.127. The van der Waals surface area contributed by atoms with Gasteiger partial charge in [-0.3, -0.25) is 9.59 Å². The Hall–Kier alpha value is -2.63. The van der Waals surface area contributed by atoms with Crippen LogP contribution in [0.3, 0.4) is 0 Å². The first-order chi connectivity index (χ1) is 9.49. The Kier molecular flexibility index (Phi) is 3.56. The Labute approximate surface area is 116 Å². The maximum absolute atomic E-state index is 11.9. The zero-order valence-electron chi connectivity index (χ0n) is 11.0. The normalized spacial score (nSPS) is 21.1. The van der Waals surface area contributed by atoms with Crippen LogP contribution in [-0.4, -0.2) is 23.9 Å². The molecular weight excluding hydrogens is 258 g/mol. The summed E-state index contributed by atoms with van der Waals surface area (Å²) in [5.74, 6) is -0.701. The lowest BCUT2D eigenvalue weighted by atomic mass is 9.73. The number of ether oxygens (including phenoxy) is 1. The van der Waals surface area contributed by atoms with Gasteiger partial charge in [-0.15, -0.1) is 0 Å². The molecule has 1 atom stereocenters. The van der Waals surface area contributed by atoms with Crippen LogP contribution in [0.4, 0.5) is 0 Å². The van der Waals surface area contributed by atoms with Crippen molar-refractivity contribution in [1.82, 2.24) is 4.98 Å². The van der Waals surface area contributed by atoms with Crippen molar-refractivity contribution in [2.24, 2.45) is 11.5 Å². The smallest absolute Gasteiger partial charge is 0.244 e. The average Bonchev–Trinajstić information content (AvgIpc) is 2.47. The number of carbonyl (C=O) groups is 2. The average molecular weight is 273 g/mol. The summed E-state index contributed by atoms with van der Waals surface area (Å²) >= 11 is 0. The summed E-state index contributed by atoms with van der Waals surface area (Å²) in [5, 5.41) is 0. The first-order valence-electron chi connectivity index (χ1n) is 5.98. The molecule has 1 aliphatic rings. The van der Waals surface area contributed by atoms with Gasteiger partial charge >= 0.3 is 0 Å². The summed E-state index contributed by atoms with van der Waals surface area (Å²) < 4.78 is 4.98. The molecule has 0 aromatic carbocycles. The monoisotopic (exact) mass is 273 g/mol. The number of primary amides is 2. The number of hydrogen-bond donors (Lipinski definition) is 2. The second-order valence-corrected chi connectivity index (χ2v) is 4.52. The number of carbonyl (C=O) groups excluding carboxylic acids is 2. The van der Waals surface area contributed by atoms with Gasteiger partial charge in [0.2, 0.25) is 17.7 Å². The van der Waals surface area contributed by atoms with Crippen LogP contribution in [0.1, 0.15) is 12.0 Å². The second kappa shape index (κ2) is 5.16. The number of pyridine rings is 1. The van der Waals surface area contributed by atoms with E-state index in [9.17, 15) is 9.59 Å². The van der Waals surface area contributed by atoms with E-state index in [2.05, 4.69) is 4.98 Å². The maximum Gasteiger partial charge on any atom is 0.244 e. The quantitative estimate of drug-likeness (QED) is 0.815. The summed E-state index contributed by atoms with van der Waals surface area (Å²) in [6, 6.07) is 3.33. The number of nitrogens with two attached hydrogens (primary N) is 2. The van der Waals surface area contributed by atoms with Crippen LogP contribution in [0.25, 0.3) is 0 Å². The summed E-state index contributed by atoms with van der Waals surface area (Å²) in [5.41, 5.74) is 10.6. The molecule has 1 unspecified atom stereocenters. The van der Waals surface area contributed by atoms with Crippen molar-refractivity contribution in [2.75, 3.05) is 7.11 Å². The fraction of sp³-hybridized carbons (Fsp3) is 0.214. The van der Waals surface area contributed by atoms with Crippen LogP contribution in [0, 0.1) is 0 Å². The van der Waals surface area contributed by atoms with E-state index in [1.165, 1.54) is 13.3 Å². The molecule has 104 valence electrons. The van der Waals surface area contributed by atoms with Crippen molar-refractivity contribution in [3.8, 4) is 5.88 Å². The summed E-state index contributed by atoms with van der Waals surface area (Å²) in [6.07, 6.45) is 6.49. The first-order valence-corrected chi connectivity index (χ1v) is 5.98. The van der Waals surface area contributed by atoms with Crippen molar-refractivity contribution in [3.05, 3.63) is 47.7 Å². The number of methoxy groups -OCH3 is 1. The fourth-order valence-corrected chi connectivity index (χ4v) is 2.19. The second-order valence-electron chi connectivity index (χ2n) is 4.52. The van der Waals surface area contributed by atoms with Gasteiger partial charge in [-0.25, -0.2) is 4.98 Å². The molecule has 0 saturated carbocycles. The van der Waals surface area contributed by atoms with Crippen molar-refractivity contribution in [2.45, 2.75) is 11.8 Å². The zero-order valence-corrected chi connectivity index (χ0v) is 11.0. The number of aromatic nitrogens is 1. The van der Waals surface area contributed by atoms with Crippen molar-refractivity contribution in [3.63, 3.8) is 0 Å². The van der Waals surface area contributed by atoms with Gasteiger partial charge in [-0.2, -0.15) is 0 Å². The highest BCUT2D eigenvalue weighted by Gasteiger charge is 2.39. The molecule has 20 heavy (non-hydrogen) atoms. The van der Waals surface area contributed by atoms with Crippen molar-refractivity contribution in [1.29, 1.82) is 0 Å². The Bertz CT molecular complexity index is 605. The van der Waals surface area contributed by atoms with Gasteiger partial charge in [0.1, 0.15) is 0 Å². The van der Waals surface area contributed by atoms with E-state index in [0.717, 1.165) is 0 Å². The van der Waals surface area contributed by atoms with Crippen LogP contribution < -0.4 is 16.2 Å². The molecule has 2 amide bonds. The van der Waals surface area contributed by atoms with E-state index in [1.54, 1.807) is 30.4 Å².